The average Bonchev–Trinajstić information content (AvgIpc) is 2.33. The number of carbonyl (C=O) groups excluding carboxylic acids is 2. The van der Waals surface area contributed by atoms with E-state index in [1.807, 2.05) is 0 Å². The summed E-state index contributed by atoms with van der Waals surface area (Å²) in [5.74, 6) is -1.11. The lowest BCUT2D eigenvalue weighted by molar-refractivity contribution is -0.137. The number of carboxylic acid groups (broad SMARTS) is 1. The molecule has 0 rings (SSSR count). The van der Waals surface area contributed by atoms with E-state index in [-0.39, 0.29) is 18.2 Å². The summed E-state index contributed by atoms with van der Waals surface area (Å²) in [5, 5.41) is 13.8. The van der Waals surface area contributed by atoms with Gasteiger partial charge in [0.05, 0.1) is 0 Å². The predicted octanol–water partition coefficient (Wildman–Crippen LogP) is 0.830. The quantitative estimate of drug-likeness (QED) is 0.405. The van der Waals surface area contributed by atoms with Crippen LogP contribution in [0.25, 0.3) is 0 Å². The topological polar surface area (TPSA) is 95.5 Å². The molecule has 0 aromatic rings. The molecule has 6 nitrogen and oxygen atoms in total. The Bertz CT molecular complexity index is 340. The molecule has 0 heterocycles. The van der Waals surface area contributed by atoms with E-state index in [0.29, 0.717) is 44.3 Å². The second-order valence-electron chi connectivity index (χ2n) is 4.34. The first-order chi connectivity index (χ1) is 8.93. The number of hydrogen-bond donors (Lipinski definition) is 3. The second kappa shape index (κ2) is 10.1. The molecule has 0 bridgehead atoms. The maximum atomic E-state index is 11.3. The monoisotopic (exact) mass is 270 g/mol. The van der Waals surface area contributed by atoms with Gasteiger partial charge in [0.25, 0.3) is 0 Å². The molecule has 108 valence electrons. The van der Waals surface area contributed by atoms with Gasteiger partial charge in [-0.3, -0.25) is 14.4 Å². The minimum atomic E-state index is -0.839. The maximum Gasteiger partial charge on any atom is 0.303 e. The molecular formula is C13H22N2O4. The molecule has 0 unspecified atom stereocenters. The van der Waals surface area contributed by atoms with Crippen LogP contribution in [0.15, 0.2) is 12.2 Å². The van der Waals surface area contributed by atoms with E-state index in [4.69, 9.17) is 5.11 Å². The normalized spacial score (nSPS) is 9.74. The summed E-state index contributed by atoms with van der Waals surface area (Å²) in [4.78, 5) is 32.7. The molecule has 0 aliphatic heterocycles. The lowest BCUT2D eigenvalue weighted by atomic mass is 10.2. The number of hydrogen-bond acceptors (Lipinski definition) is 3. The molecule has 19 heavy (non-hydrogen) atoms. The third-order valence-corrected chi connectivity index (χ3v) is 2.39. The maximum absolute atomic E-state index is 11.3. The third kappa shape index (κ3) is 11.0. The Balaban J connectivity index is 3.41. The van der Waals surface area contributed by atoms with E-state index in [9.17, 15) is 14.4 Å². The number of amides is 2. The van der Waals surface area contributed by atoms with Crippen LogP contribution in [0.4, 0.5) is 0 Å². The van der Waals surface area contributed by atoms with E-state index >= 15 is 0 Å². The molecule has 0 aliphatic carbocycles. The smallest absolute Gasteiger partial charge is 0.303 e. The molecule has 0 saturated carbocycles. The molecule has 3 N–H and O–H groups in total. The van der Waals surface area contributed by atoms with Crippen molar-refractivity contribution in [3.8, 4) is 0 Å². The van der Waals surface area contributed by atoms with Crippen molar-refractivity contribution in [1.29, 1.82) is 0 Å². The first-order valence-corrected chi connectivity index (χ1v) is 6.35. The van der Waals surface area contributed by atoms with Gasteiger partial charge >= 0.3 is 5.97 Å². The largest absolute Gasteiger partial charge is 0.481 e. The van der Waals surface area contributed by atoms with Crippen molar-refractivity contribution >= 4 is 17.8 Å². The summed E-state index contributed by atoms with van der Waals surface area (Å²) >= 11 is 0. The first kappa shape index (κ1) is 17.2. The molecule has 6 heteroatoms. The molecule has 2 amide bonds. The van der Waals surface area contributed by atoms with Gasteiger partial charge in [-0.05, 0) is 26.2 Å². The first-order valence-electron chi connectivity index (χ1n) is 6.35. The summed E-state index contributed by atoms with van der Waals surface area (Å²) < 4.78 is 0. The molecular weight excluding hydrogens is 248 g/mol. The van der Waals surface area contributed by atoms with Crippen molar-refractivity contribution in [2.24, 2.45) is 0 Å². The van der Waals surface area contributed by atoms with Gasteiger partial charge in [0.15, 0.2) is 0 Å². The van der Waals surface area contributed by atoms with Crippen LogP contribution >= 0.6 is 0 Å². The van der Waals surface area contributed by atoms with Crippen LogP contribution in [0.2, 0.25) is 0 Å². The summed E-state index contributed by atoms with van der Waals surface area (Å²) in [6.45, 7) is 6.13. The Morgan fingerprint density at radius 2 is 1.58 bits per heavy atom. The molecule has 0 aromatic carbocycles. The molecule has 0 spiro atoms. The van der Waals surface area contributed by atoms with Gasteiger partial charge < -0.3 is 15.7 Å². The van der Waals surface area contributed by atoms with Gasteiger partial charge in [-0.25, -0.2) is 0 Å². The molecule has 0 radical (unpaired) electrons. The predicted molar refractivity (Wildman–Crippen MR) is 71.6 cm³/mol. The fourth-order valence-corrected chi connectivity index (χ4v) is 1.32. The van der Waals surface area contributed by atoms with E-state index < -0.39 is 5.97 Å². The molecule has 0 aromatic heterocycles. The fraction of sp³-hybridized carbons (Fsp3) is 0.615. The van der Waals surface area contributed by atoms with Crippen molar-refractivity contribution in [3.63, 3.8) is 0 Å². The number of aliphatic carboxylic acids is 1. The summed E-state index contributed by atoms with van der Waals surface area (Å²) in [6, 6.07) is 0. The molecule has 0 aliphatic rings. The van der Waals surface area contributed by atoms with Crippen LogP contribution in [0.1, 0.15) is 39.0 Å². The zero-order chi connectivity index (χ0) is 14.7. The van der Waals surface area contributed by atoms with Crippen LogP contribution in [0.3, 0.4) is 0 Å². The van der Waals surface area contributed by atoms with E-state index in [0.717, 1.165) is 0 Å². The van der Waals surface area contributed by atoms with E-state index in [2.05, 4.69) is 17.2 Å². The average molecular weight is 270 g/mol. The van der Waals surface area contributed by atoms with Gasteiger partial charge in [-0.2, -0.15) is 0 Å². The van der Waals surface area contributed by atoms with Crippen LogP contribution < -0.4 is 10.6 Å². The SMILES string of the molecule is C=C(C)C(=O)NCCCNC(=O)CCCCC(=O)O. The number of rotatable bonds is 10. The van der Waals surface area contributed by atoms with Gasteiger partial charge in [0.2, 0.25) is 11.8 Å². The number of nitrogens with one attached hydrogen (secondary N) is 2. The lowest BCUT2D eigenvalue weighted by Gasteiger charge is -2.06. The van der Waals surface area contributed by atoms with E-state index in [1.165, 1.54) is 0 Å². The van der Waals surface area contributed by atoms with Crippen molar-refractivity contribution in [3.05, 3.63) is 12.2 Å². The number of carbonyl (C=O) groups is 3. The highest BCUT2D eigenvalue weighted by atomic mass is 16.4. The Morgan fingerprint density at radius 3 is 2.16 bits per heavy atom. The van der Waals surface area contributed by atoms with Crippen LogP contribution in [0.5, 0.6) is 0 Å². The zero-order valence-corrected chi connectivity index (χ0v) is 11.3. The highest BCUT2D eigenvalue weighted by molar-refractivity contribution is 5.92. The molecule has 0 atom stereocenters. The Morgan fingerprint density at radius 1 is 1.00 bits per heavy atom. The molecule has 0 fully saturated rings. The highest BCUT2D eigenvalue weighted by Gasteiger charge is 2.03. The van der Waals surface area contributed by atoms with E-state index in [1.54, 1.807) is 6.92 Å². The number of carboxylic acids is 1. The van der Waals surface area contributed by atoms with Crippen molar-refractivity contribution in [2.45, 2.75) is 39.0 Å². The summed E-state index contributed by atoms with van der Waals surface area (Å²) in [6.07, 6.45) is 2.17. The Kier molecular flexibility index (Phi) is 9.12. The fourth-order valence-electron chi connectivity index (χ4n) is 1.32. The van der Waals surface area contributed by atoms with Crippen LogP contribution in [0, 0.1) is 0 Å². The standard InChI is InChI=1S/C13H22N2O4/c1-10(2)13(19)15-9-5-8-14-11(16)6-3-4-7-12(17)18/h1,3-9H2,2H3,(H,14,16)(H,15,19)(H,17,18). The van der Waals surface area contributed by atoms with Crippen molar-refractivity contribution < 1.29 is 19.5 Å². The van der Waals surface area contributed by atoms with Gasteiger partial charge in [0.1, 0.15) is 0 Å². The lowest BCUT2D eigenvalue weighted by Crippen LogP contribution is -2.29. The van der Waals surface area contributed by atoms with Crippen LogP contribution in [-0.4, -0.2) is 36.0 Å². The van der Waals surface area contributed by atoms with Crippen molar-refractivity contribution in [2.75, 3.05) is 13.1 Å². The minimum absolute atomic E-state index is 0.0865. The Labute approximate surface area is 113 Å². The van der Waals surface area contributed by atoms with Gasteiger partial charge in [-0.1, -0.05) is 6.58 Å². The zero-order valence-electron chi connectivity index (χ0n) is 11.3. The third-order valence-electron chi connectivity index (χ3n) is 2.39. The van der Waals surface area contributed by atoms with Gasteiger partial charge in [0, 0.05) is 31.5 Å². The number of unbranched alkanes of at least 4 members (excludes halogenated alkanes) is 1. The summed E-state index contributed by atoms with van der Waals surface area (Å²) in [5.41, 5.74) is 0.461. The van der Waals surface area contributed by atoms with Crippen LogP contribution in [-0.2, 0) is 14.4 Å². The second-order valence-corrected chi connectivity index (χ2v) is 4.34. The van der Waals surface area contributed by atoms with Gasteiger partial charge in [-0.15, -0.1) is 0 Å². The minimum Gasteiger partial charge on any atom is -0.481 e. The summed E-state index contributed by atoms with van der Waals surface area (Å²) in [7, 11) is 0. The highest BCUT2D eigenvalue weighted by Crippen LogP contribution is 1.99. The van der Waals surface area contributed by atoms with Crippen molar-refractivity contribution in [1.82, 2.24) is 10.6 Å². The Hall–Kier alpha value is -1.85. The molecule has 0 saturated heterocycles.